The summed E-state index contributed by atoms with van der Waals surface area (Å²) < 4.78 is 5.32. The number of rotatable bonds is 9. The molecule has 21 heavy (non-hydrogen) atoms. The maximum absolute atomic E-state index is 12.1. The second-order valence-electron chi connectivity index (χ2n) is 5.43. The Balaban J connectivity index is 2.36. The SMILES string of the molecule is CCCCC1C=C(Br)C(=O)C1=CCCCCCC(=O)OC. The van der Waals surface area contributed by atoms with E-state index in [2.05, 4.69) is 33.7 Å². The van der Waals surface area contributed by atoms with Crippen molar-refractivity contribution in [2.24, 2.45) is 5.92 Å². The molecule has 118 valence electrons. The van der Waals surface area contributed by atoms with Crippen LogP contribution in [-0.4, -0.2) is 18.9 Å². The molecule has 0 heterocycles. The van der Waals surface area contributed by atoms with E-state index in [1.54, 1.807) is 0 Å². The van der Waals surface area contributed by atoms with Crippen LogP contribution < -0.4 is 0 Å². The van der Waals surface area contributed by atoms with E-state index in [4.69, 9.17) is 0 Å². The third-order valence-corrected chi connectivity index (χ3v) is 4.40. The van der Waals surface area contributed by atoms with Crippen LogP contribution in [0.4, 0.5) is 0 Å². The summed E-state index contributed by atoms with van der Waals surface area (Å²) in [5, 5.41) is 0. The Labute approximate surface area is 135 Å². The van der Waals surface area contributed by atoms with Gasteiger partial charge in [0.15, 0.2) is 5.78 Å². The maximum atomic E-state index is 12.1. The smallest absolute Gasteiger partial charge is 0.305 e. The zero-order valence-corrected chi connectivity index (χ0v) is 14.6. The first-order chi connectivity index (χ1) is 10.1. The number of carbonyl (C=O) groups excluding carboxylic acids is 2. The topological polar surface area (TPSA) is 43.4 Å². The van der Waals surface area contributed by atoms with E-state index < -0.39 is 0 Å². The number of hydrogen-bond acceptors (Lipinski definition) is 3. The monoisotopic (exact) mass is 356 g/mol. The molecule has 0 radical (unpaired) electrons. The Morgan fingerprint density at radius 2 is 2.10 bits per heavy atom. The Hall–Kier alpha value is -0.900. The molecule has 0 amide bonds. The van der Waals surface area contributed by atoms with Gasteiger partial charge >= 0.3 is 5.97 Å². The standard InChI is InChI=1S/C17H25BrO3/c1-3-4-9-13-12-15(18)17(20)14(13)10-7-5-6-8-11-16(19)21-2/h10,12-13H,3-9,11H2,1-2H3. The first kappa shape index (κ1) is 18.1. The summed E-state index contributed by atoms with van der Waals surface area (Å²) >= 11 is 3.35. The molecule has 0 aromatic rings. The second kappa shape index (κ2) is 9.93. The Morgan fingerprint density at radius 1 is 1.33 bits per heavy atom. The predicted octanol–water partition coefficient (Wildman–Crippen LogP) is 4.70. The fourth-order valence-electron chi connectivity index (χ4n) is 2.51. The highest BCUT2D eigenvalue weighted by molar-refractivity contribution is 9.12. The molecule has 0 spiro atoms. The van der Waals surface area contributed by atoms with Gasteiger partial charge in [0.05, 0.1) is 11.6 Å². The number of methoxy groups -OCH3 is 1. The van der Waals surface area contributed by atoms with E-state index in [1.807, 2.05) is 6.08 Å². The van der Waals surface area contributed by atoms with Crippen LogP contribution in [0.3, 0.4) is 0 Å². The average molecular weight is 357 g/mol. The number of hydrogen-bond donors (Lipinski definition) is 0. The van der Waals surface area contributed by atoms with Gasteiger partial charge in [-0.05, 0) is 41.6 Å². The van der Waals surface area contributed by atoms with Gasteiger partial charge in [-0.15, -0.1) is 0 Å². The molecule has 4 heteroatoms. The van der Waals surface area contributed by atoms with Crippen LogP contribution >= 0.6 is 15.9 Å². The molecule has 1 unspecified atom stereocenters. The third kappa shape index (κ3) is 6.16. The van der Waals surface area contributed by atoms with E-state index in [0.29, 0.717) is 10.9 Å². The van der Waals surface area contributed by atoms with Crippen molar-refractivity contribution in [2.45, 2.75) is 58.3 Å². The summed E-state index contributed by atoms with van der Waals surface area (Å²) in [5.74, 6) is 0.277. The number of allylic oxidation sites excluding steroid dienone is 4. The molecular weight excluding hydrogens is 332 g/mol. The number of unbranched alkanes of at least 4 members (excludes halogenated alkanes) is 4. The minimum absolute atomic E-state index is 0.144. The van der Waals surface area contributed by atoms with E-state index in [0.717, 1.165) is 50.5 Å². The predicted molar refractivity (Wildman–Crippen MR) is 88.2 cm³/mol. The summed E-state index contributed by atoms with van der Waals surface area (Å²) in [6.07, 6.45) is 11.7. The van der Waals surface area contributed by atoms with Crippen LogP contribution in [0.5, 0.6) is 0 Å². The number of carbonyl (C=O) groups is 2. The summed E-state index contributed by atoms with van der Waals surface area (Å²) in [6.45, 7) is 2.17. The highest BCUT2D eigenvalue weighted by Gasteiger charge is 2.27. The fraction of sp³-hybridized carbons (Fsp3) is 0.647. The second-order valence-corrected chi connectivity index (χ2v) is 6.28. The highest BCUT2D eigenvalue weighted by Crippen LogP contribution is 2.34. The quantitative estimate of drug-likeness (QED) is 0.341. The zero-order chi connectivity index (χ0) is 15.7. The van der Waals surface area contributed by atoms with Gasteiger partial charge in [0.1, 0.15) is 0 Å². The van der Waals surface area contributed by atoms with Crippen LogP contribution in [0, 0.1) is 5.92 Å². The van der Waals surface area contributed by atoms with Gasteiger partial charge in [0, 0.05) is 17.9 Å². The minimum atomic E-state index is -0.146. The molecule has 1 atom stereocenters. The highest BCUT2D eigenvalue weighted by atomic mass is 79.9. The van der Waals surface area contributed by atoms with E-state index in [9.17, 15) is 9.59 Å². The number of halogens is 1. The van der Waals surface area contributed by atoms with Gasteiger partial charge in [-0.1, -0.05) is 38.3 Å². The minimum Gasteiger partial charge on any atom is -0.469 e. The summed E-state index contributed by atoms with van der Waals surface area (Å²) in [5.41, 5.74) is 0.947. The Kier molecular flexibility index (Phi) is 8.58. The molecule has 0 saturated heterocycles. The molecule has 0 N–H and O–H groups in total. The Bertz CT molecular complexity index is 424. The summed E-state index contributed by atoms with van der Waals surface area (Å²) in [6, 6.07) is 0. The lowest BCUT2D eigenvalue weighted by Gasteiger charge is -2.09. The van der Waals surface area contributed by atoms with Gasteiger partial charge in [0.25, 0.3) is 0 Å². The van der Waals surface area contributed by atoms with Crippen molar-refractivity contribution in [1.82, 2.24) is 0 Å². The van der Waals surface area contributed by atoms with Gasteiger partial charge in [0.2, 0.25) is 0 Å². The first-order valence-electron chi connectivity index (χ1n) is 7.79. The van der Waals surface area contributed by atoms with Crippen LogP contribution in [0.1, 0.15) is 58.3 Å². The average Bonchev–Trinajstić information content (AvgIpc) is 2.75. The molecule has 0 aromatic carbocycles. The van der Waals surface area contributed by atoms with Gasteiger partial charge in [-0.3, -0.25) is 9.59 Å². The van der Waals surface area contributed by atoms with Crippen molar-refractivity contribution < 1.29 is 14.3 Å². The van der Waals surface area contributed by atoms with Crippen molar-refractivity contribution in [2.75, 3.05) is 7.11 Å². The lowest BCUT2D eigenvalue weighted by molar-refractivity contribution is -0.140. The van der Waals surface area contributed by atoms with E-state index in [1.165, 1.54) is 7.11 Å². The van der Waals surface area contributed by atoms with Crippen LogP contribution in [0.15, 0.2) is 22.2 Å². The van der Waals surface area contributed by atoms with Crippen molar-refractivity contribution in [3.8, 4) is 0 Å². The molecule has 1 rings (SSSR count). The molecule has 1 aliphatic rings. The summed E-state index contributed by atoms with van der Waals surface area (Å²) in [4.78, 5) is 23.1. The van der Waals surface area contributed by atoms with Crippen LogP contribution in [-0.2, 0) is 14.3 Å². The van der Waals surface area contributed by atoms with Crippen molar-refractivity contribution >= 4 is 27.7 Å². The van der Waals surface area contributed by atoms with Crippen molar-refractivity contribution in [1.29, 1.82) is 0 Å². The maximum Gasteiger partial charge on any atom is 0.305 e. The fourth-order valence-corrected chi connectivity index (χ4v) is 3.05. The largest absolute Gasteiger partial charge is 0.469 e. The molecule has 0 bridgehead atoms. The van der Waals surface area contributed by atoms with Gasteiger partial charge < -0.3 is 4.74 Å². The zero-order valence-electron chi connectivity index (χ0n) is 13.0. The van der Waals surface area contributed by atoms with Crippen LogP contribution in [0.2, 0.25) is 0 Å². The molecule has 0 fully saturated rings. The van der Waals surface area contributed by atoms with Gasteiger partial charge in [-0.25, -0.2) is 0 Å². The first-order valence-corrected chi connectivity index (χ1v) is 8.58. The van der Waals surface area contributed by atoms with E-state index >= 15 is 0 Å². The number of esters is 1. The molecule has 0 saturated carbocycles. The van der Waals surface area contributed by atoms with Crippen molar-refractivity contribution in [3.05, 3.63) is 22.2 Å². The molecule has 0 aromatic heterocycles. The molecule has 0 aliphatic heterocycles. The number of ether oxygens (including phenoxy) is 1. The molecule has 1 aliphatic carbocycles. The normalized spacial score (nSPS) is 20.0. The van der Waals surface area contributed by atoms with Gasteiger partial charge in [-0.2, -0.15) is 0 Å². The molecule has 3 nitrogen and oxygen atoms in total. The number of Topliss-reactive ketones (excluding diaryl/α,β-unsaturated/α-hetero) is 1. The van der Waals surface area contributed by atoms with E-state index in [-0.39, 0.29) is 17.7 Å². The van der Waals surface area contributed by atoms with Crippen LogP contribution in [0.25, 0.3) is 0 Å². The summed E-state index contributed by atoms with van der Waals surface area (Å²) in [7, 11) is 1.42. The van der Waals surface area contributed by atoms with Crippen molar-refractivity contribution in [3.63, 3.8) is 0 Å². The molecular formula is C17H25BrO3. The Morgan fingerprint density at radius 3 is 2.76 bits per heavy atom. The lowest BCUT2D eigenvalue weighted by Crippen LogP contribution is -2.04. The number of ketones is 1. The lowest BCUT2D eigenvalue weighted by atomic mass is 9.95. The third-order valence-electron chi connectivity index (χ3n) is 3.77.